The highest BCUT2D eigenvalue weighted by molar-refractivity contribution is 5.93. The molecular weight excluding hydrogens is 300 g/mol. The van der Waals surface area contributed by atoms with Crippen molar-refractivity contribution in [3.05, 3.63) is 29.7 Å². The quantitative estimate of drug-likeness (QED) is 0.848. The van der Waals surface area contributed by atoms with Crippen LogP contribution in [0.4, 0.5) is 0 Å². The van der Waals surface area contributed by atoms with Gasteiger partial charge in [0, 0.05) is 32.6 Å². The number of fused-ring (bicyclic) bond motifs is 1. The average Bonchev–Trinajstić information content (AvgIpc) is 2.96. The molecule has 0 saturated carbocycles. The maximum atomic E-state index is 12.7. The Hall–Kier alpha value is -2.03. The van der Waals surface area contributed by atoms with Crippen molar-refractivity contribution in [2.45, 2.75) is 25.2 Å². The number of aryl methyl sites for hydroxylation is 1. The Morgan fingerprint density at radius 3 is 3.04 bits per heavy atom. The summed E-state index contributed by atoms with van der Waals surface area (Å²) >= 11 is 0. The van der Waals surface area contributed by atoms with E-state index in [0.717, 1.165) is 5.56 Å². The summed E-state index contributed by atoms with van der Waals surface area (Å²) in [6.07, 6.45) is 2.27. The predicted molar refractivity (Wildman–Crippen MR) is 81.2 cm³/mol. The van der Waals surface area contributed by atoms with E-state index >= 15 is 0 Å². The van der Waals surface area contributed by atoms with Gasteiger partial charge in [-0.3, -0.25) is 4.79 Å². The molecule has 1 aliphatic rings. The molecule has 3 atom stereocenters. The second-order valence-corrected chi connectivity index (χ2v) is 5.75. The fourth-order valence-electron chi connectivity index (χ4n) is 2.70. The van der Waals surface area contributed by atoms with Crippen molar-refractivity contribution in [1.29, 1.82) is 0 Å². The molecule has 3 rings (SSSR count). The summed E-state index contributed by atoms with van der Waals surface area (Å²) < 4.78 is 12.2. The molecule has 2 aromatic rings. The molecule has 1 saturated heterocycles. The van der Waals surface area contributed by atoms with Crippen molar-refractivity contribution < 1.29 is 19.4 Å². The number of carbonyl (C=O) groups excluding carboxylic acids is 1. The number of amides is 1. The van der Waals surface area contributed by atoms with Gasteiger partial charge in [0.05, 0.1) is 19.3 Å². The lowest BCUT2D eigenvalue weighted by molar-refractivity contribution is -0.135. The zero-order valence-corrected chi connectivity index (χ0v) is 13.3. The van der Waals surface area contributed by atoms with Gasteiger partial charge >= 0.3 is 0 Å². The van der Waals surface area contributed by atoms with Gasteiger partial charge in [0.2, 0.25) is 0 Å². The van der Waals surface area contributed by atoms with Crippen LogP contribution in [-0.2, 0) is 9.47 Å². The summed E-state index contributed by atoms with van der Waals surface area (Å²) in [7, 11) is 3.14. The molecule has 0 spiro atoms. The molecular formula is C15H20N4O4. The predicted octanol–water partition coefficient (Wildman–Crippen LogP) is -0.116. The van der Waals surface area contributed by atoms with Gasteiger partial charge in [0.15, 0.2) is 11.3 Å². The Bertz CT molecular complexity index is 717. The molecule has 2 aromatic heterocycles. The maximum Gasteiger partial charge on any atom is 0.274 e. The number of aliphatic hydroxyl groups excluding tert-OH is 1. The number of ether oxygens (including phenoxy) is 2. The van der Waals surface area contributed by atoms with Crippen LogP contribution in [0.1, 0.15) is 16.1 Å². The molecule has 8 nitrogen and oxygen atoms in total. The van der Waals surface area contributed by atoms with Gasteiger partial charge in [0.25, 0.3) is 5.91 Å². The van der Waals surface area contributed by atoms with Crippen LogP contribution in [0.25, 0.3) is 5.65 Å². The van der Waals surface area contributed by atoms with Crippen LogP contribution < -0.4 is 0 Å². The summed E-state index contributed by atoms with van der Waals surface area (Å²) in [5.41, 5.74) is 1.83. The second-order valence-electron chi connectivity index (χ2n) is 5.75. The van der Waals surface area contributed by atoms with E-state index in [9.17, 15) is 9.90 Å². The van der Waals surface area contributed by atoms with E-state index in [0.29, 0.717) is 12.3 Å². The van der Waals surface area contributed by atoms with E-state index < -0.39 is 18.2 Å². The topological polar surface area (TPSA) is 89.2 Å². The average molecular weight is 320 g/mol. The van der Waals surface area contributed by atoms with Crippen LogP contribution in [-0.4, -0.2) is 76.1 Å². The Morgan fingerprint density at radius 2 is 2.30 bits per heavy atom. The van der Waals surface area contributed by atoms with E-state index in [4.69, 9.17) is 9.47 Å². The lowest BCUT2D eigenvalue weighted by Gasteiger charge is -2.38. The molecule has 0 bridgehead atoms. The largest absolute Gasteiger partial charge is 0.388 e. The third-order valence-electron chi connectivity index (χ3n) is 4.13. The number of nitrogens with zero attached hydrogens (tertiary/aromatic N) is 4. The fraction of sp³-hybridized carbons (Fsp3) is 0.533. The van der Waals surface area contributed by atoms with E-state index in [1.165, 1.54) is 12.0 Å². The number of hydrogen-bond acceptors (Lipinski definition) is 6. The molecule has 1 amide bonds. The van der Waals surface area contributed by atoms with Crippen LogP contribution in [0, 0.1) is 6.92 Å². The van der Waals surface area contributed by atoms with Crippen molar-refractivity contribution in [3.8, 4) is 0 Å². The molecule has 1 fully saturated rings. The van der Waals surface area contributed by atoms with Gasteiger partial charge in [-0.05, 0) is 12.5 Å². The van der Waals surface area contributed by atoms with Gasteiger partial charge in [-0.1, -0.05) is 0 Å². The van der Waals surface area contributed by atoms with Crippen LogP contribution in [0.3, 0.4) is 0 Å². The summed E-state index contributed by atoms with van der Waals surface area (Å²) in [6.45, 7) is 2.48. The normalized spacial score (nSPS) is 24.8. The minimum Gasteiger partial charge on any atom is -0.388 e. The molecule has 3 heterocycles. The van der Waals surface area contributed by atoms with Crippen molar-refractivity contribution in [2.24, 2.45) is 0 Å². The first kappa shape index (κ1) is 15.9. The molecule has 1 N–H and O–H groups in total. The zero-order valence-electron chi connectivity index (χ0n) is 13.3. The Kier molecular flexibility index (Phi) is 4.29. The van der Waals surface area contributed by atoms with Gasteiger partial charge in [-0.2, -0.15) is 5.10 Å². The standard InChI is InChI=1S/C15H20N4O4/c1-9-5-16-13-4-10(17-19(13)6-9)15(21)18(2)11-7-23-8-12(22-3)14(11)20/h4-6,11-12,14,20H,7-8H2,1-3H3/t11-,12-,14+/m1/s1. The highest BCUT2D eigenvalue weighted by Crippen LogP contribution is 2.18. The minimum atomic E-state index is -0.805. The van der Waals surface area contributed by atoms with E-state index in [1.54, 1.807) is 30.0 Å². The first-order chi connectivity index (χ1) is 11.0. The summed E-state index contributed by atoms with van der Waals surface area (Å²) in [5.74, 6) is -0.294. The lowest BCUT2D eigenvalue weighted by Crippen LogP contribution is -2.56. The number of likely N-dealkylation sites (N-methyl/N-ethyl adjacent to an activating group) is 1. The molecule has 0 unspecified atom stereocenters. The lowest BCUT2D eigenvalue weighted by atomic mass is 10.0. The van der Waals surface area contributed by atoms with Crippen LogP contribution in [0.15, 0.2) is 18.5 Å². The number of rotatable bonds is 3. The number of aliphatic hydroxyl groups is 1. The fourth-order valence-corrected chi connectivity index (χ4v) is 2.70. The number of aromatic nitrogens is 3. The second kappa shape index (κ2) is 6.23. The third kappa shape index (κ3) is 2.92. The SMILES string of the molecule is CO[C@@H]1COC[C@@H](N(C)C(=O)c2cc3ncc(C)cn3n2)[C@@H]1O. The van der Waals surface area contributed by atoms with Gasteiger partial charge in [0.1, 0.15) is 12.2 Å². The van der Waals surface area contributed by atoms with Crippen molar-refractivity contribution in [2.75, 3.05) is 27.4 Å². The van der Waals surface area contributed by atoms with Gasteiger partial charge in [-0.25, -0.2) is 9.50 Å². The molecule has 0 aromatic carbocycles. The van der Waals surface area contributed by atoms with Crippen molar-refractivity contribution >= 4 is 11.6 Å². The van der Waals surface area contributed by atoms with Gasteiger partial charge in [-0.15, -0.1) is 0 Å². The van der Waals surface area contributed by atoms with Crippen LogP contribution >= 0.6 is 0 Å². The summed E-state index contributed by atoms with van der Waals surface area (Å²) in [5, 5.41) is 14.6. The highest BCUT2D eigenvalue weighted by Gasteiger charge is 2.37. The number of carbonyl (C=O) groups is 1. The first-order valence-electron chi connectivity index (χ1n) is 7.39. The highest BCUT2D eigenvalue weighted by atomic mass is 16.5. The summed E-state index contributed by atoms with van der Waals surface area (Å²) in [6, 6.07) is 1.14. The molecule has 0 aliphatic carbocycles. The van der Waals surface area contributed by atoms with E-state index in [-0.39, 0.29) is 18.2 Å². The first-order valence-corrected chi connectivity index (χ1v) is 7.39. The van der Waals surface area contributed by atoms with Crippen molar-refractivity contribution in [3.63, 3.8) is 0 Å². The molecule has 1 aliphatic heterocycles. The van der Waals surface area contributed by atoms with Crippen LogP contribution in [0.5, 0.6) is 0 Å². The Balaban J connectivity index is 1.83. The molecule has 8 heteroatoms. The number of hydrogen-bond donors (Lipinski definition) is 1. The third-order valence-corrected chi connectivity index (χ3v) is 4.13. The zero-order chi connectivity index (χ0) is 16.6. The smallest absolute Gasteiger partial charge is 0.274 e. The molecule has 0 radical (unpaired) electrons. The Morgan fingerprint density at radius 1 is 1.52 bits per heavy atom. The van der Waals surface area contributed by atoms with E-state index in [1.807, 2.05) is 6.92 Å². The number of methoxy groups -OCH3 is 1. The van der Waals surface area contributed by atoms with Crippen molar-refractivity contribution in [1.82, 2.24) is 19.5 Å². The minimum absolute atomic E-state index is 0.258. The van der Waals surface area contributed by atoms with Crippen LogP contribution in [0.2, 0.25) is 0 Å². The molecule has 124 valence electrons. The Labute approximate surface area is 133 Å². The maximum absolute atomic E-state index is 12.7. The van der Waals surface area contributed by atoms with E-state index in [2.05, 4.69) is 10.1 Å². The monoisotopic (exact) mass is 320 g/mol. The molecule has 23 heavy (non-hydrogen) atoms. The van der Waals surface area contributed by atoms with Gasteiger partial charge < -0.3 is 19.5 Å². The summed E-state index contributed by atoms with van der Waals surface area (Å²) in [4.78, 5) is 18.3.